The van der Waals surface area contributed by atoms with Gasteiger partial charge in [0.15, 0.2) is 11.5 Å². The molecule has 0 aromatic heterocycles. The lowest BCUT2D eigenvalue weighted by Gasteiger charge is -2.26. The first-order valence-electron chi connectivity index (χ1n) is 10.6. The summed E-state index contributed by atoms with van der Waals surface area (Å²) in [4.78, 5) is 16.7. The Hall–Kier alpha value is -2.97. The second kappa shape index (κ2) is 10.1. The Morgan fingerprint density at radius 2 is 1.81 bits per heavy atom. The van der Waals surface area contributed by atoms with Gasteiger partial charge in [0.05, 0.1) is 26.0 Å². The highest BCUT2D eigenvalue weighted by Gasteiger charge is 2.26. The van der Waals surface area contributed by atoms with E-state index in [1.807, 2.05) is 12.1 Å². The lowest BCUT2D eigenvalue weighted by atomic mass is 10.1. The first-order chi connectivity index (χ1) is 15.5. The van der Waals surface area contributed by atoms with Crippen LogP contribution < -0.4 is 14.4 Å². The molecule has 0 unspecified atom stereocenters. The lowest BCUT2D eigenvalue weighted by molar-refractivity contribution is -0.114. The molecule has 1 saturated heterocycles. The van der Waals surface area contributed by atoms with E-state index in [4.69, 9.17) is 14.2 Å². The minimum Gasteiger partial charge on any atom is -0.493 e. The monoisotopic (exact) mass is 444 g/mol. The average molecular weight is 444 g/mol. The van der Waals surface area contributed by atoms with Crippen molar-refractivity contribution in [3.05, 3.63) is 59.2 Å². The van der Waals surface area contributed by atoms with E-state index in [0.717, 1.165) is 50.2 Å². The summed E-state index contributed by atoms with van der Waals surface area (Å²) < 4.78 is 43.6. The molecule has 0 bridgehead atoms. The van der Waals surface area contributed by atoms with E-state index in [1.165, 1.54) is 24.3 Å². The highest BCUT2D eigenvalue weighted by Crippen LogP contribution is 2.39. The molecular weight excluding hydrogens is 418 g/mol. The summed E-state index contributed by atoms with van der Waals surface area (Å²) in [5.74, 6) is -0.428. The van der Waals surface area contributed by atoms with Crippen molar-refractivity contribution < 1.29 is 27.8 Å². The third-order valence-electron chi connectivity index (χ3n) is 5.60. The smallest absolute Gasteiger partial charge is 0.251 e. The average Bonchev–Trinajstić information content (AvgIpc) is 3.20. The van der Waals surface area contributed by atoms with Crippen molar-refractivity contribution in [3.8, 4) is 11.5 Å². The molecule has 2 aromatic rings. The van der Waals surface area contributed by atoms with Crippen LogP contribution in [0.1, 0.15) is 11.1 Å². The molecule has 0 saturated carbocycles. The molecule has 32 heavy (non-hydrogen) atoms. The molecule has 8 heteroatoms. The number of carbonyl (C=O) groups is 1. The molecule has 2 aliphatic rings. The highest BCUT2D eigenvalue weighted by atomic mass is 19.1. The van der Waals surface area contributed by atoms with E-state index in [1.54, 1.807) is 12.0 Å². The van der Waals surface area contributed by atoms with Crippen LogP contribution in [0.3, 0.4) is 0 Å². The highest BCUT2D eigenvalue weighted by molar-refractivity contribution is 6.05. The second-order valence-electron chi connectivity index (χ2n) is 7.71. The molecule has 2 aliphatic heterocycles. The maximum atomic E-state index is 13.4. The summed E-state index contributed by atoms with van der Waals surface area (Å²) in [5, 5.41) is 0. The number of benzene rings is 2. The number of carbonyl (C=O) groups excluding carboxylic acids is 1. The van der Waals surface area contributed by atoms with Crippen LogP contribution >= 0.6 is 0 Å². The van der Waals surface area contributed by atoms with Gasteiger partial charge in [0, 0.05) is 44.4 Å². The van der Waals surface area contributed by atoms with Gasteiger partial charge in [-0.1, -0.05) is 0 Å². The number of rotatable bonds is 7. The van der Waals surface area contributed by atoms with Crippen molar-refractivity contribution >= 4 is 17.7 Å². The van der Waals surface area contributed by atoms with Gasteiger partial charge >= 0.3 is 0 Å². The number of ether oxygens (including phenoxy) is 3. The third kappa shape index (κ3) is 5.26. The topological polar surface area (TPSA) is 51.2 Å². The van der Waals surface area contributed by atoms with E-state index in [0.29, 0.717) is 31.1 Å². The van der Waals surface area contributed by atoms with Gasteiger partial charge in [0.2, 0.25) is 0 Å². The van der Waals surface area contributed by atoms with Gasteiger partial charge in [-0.15, -0.1) is 0 Å². The molecule has 0 atom stereocenters. The first-order valence-corrected chi connectivity index (χ1v) is 10.6. The molecular formula is C24H26F2N2O4. The fourth-order valence-electron chi connectivity index (χ4n) is 3.94. The quantitative estimate of drug-likeness (QED) is 0.614. The van der Waals surface area contributed by atoms with Crippen molar-refractivity contribution in [1.82, 2.24) is 4.90 Å². The molecule has 2 aromatic carbocycles. The van der Waals surface area contributed by atoms with Crippen LogP contribution in [0.2, 0.25) is 0 Å². The van der Waals surface area contributed by atoms with E-state index >= 15 is 0 Å². The molecule has 4 rings (SSSR count). The first kappa shape index (κ1) is 22.2. The van der Waals surface area contributed by atoms with Crippen molar-refractivity contribution in [2.45, 2.75) is 6.42 Å². The van der Waals surface area contributed by atoms with Crippen molar-refractivity contribution in [2.75, 3.05) is 58.0 Å². The fraction of sp³-hybridized carbons (Fsp3) is 0.375. The normalized spacial score (nSPS) is 16.4. The molecule has 2 heterocycles. The minimum absolute atomic E-state index is 0.266. The van der Waals surface area contributed by atoms with E-state index in [9.17, 15) is 13.6 Å². The Balaban J connectivity index is 1.46. The van der Waals surface area contributed by atoms with Gasteiger partial charge in [-0.25, -0.2) is 8.78 Å². The maximum Gasteiger partial charge on any atom is 0.251 e. The van der Waals surface area contributed by atoms with Crippen LogP contribution in [0.25, 0.3) is 6.08 Å². The molecule has 170 valence electrons. The number of nitrogens with zero attached hydrogens (tertiary/aromatic N) is 2. The third-order valence-corrected chi connectivity index (χ3v) is 5.60. The number of hydrogen-bond donors (Lipinski definition) is 0. The molecule has 1 amide bonds. The number of halogens is 2. The van der Waals surface area contributed by atoms with Crippen molar-refractivity contribution in [1.29, 1.82) is 0 Å². The second-order valence-corrected chi connectivity index (χ2v) is 7.71. The molecule has 0 aliphatic carbocycles. The Labute approximate surface area is 186 Å². The SMILES string of the molecule is COc1cc2c(cc1OCCN1CCOCC1)N(C(=O)/C=C/c1cc(F)cc(F)c1)CC2. The minimum atomic E-state index is -0.686. The van der Waals surface area contributed by atoms with Crippen LogP contribution in [-0.4, -0.2) is 63.9 Å². The predicted octanol–water partition coefficient (Wildman–Crippen LogP) is 3.29. The summed E-state index contributed by atoms with van der Waals surface area (Å²) in [6.07, 6.45) is 3.43. The fourth-order valence-corrected chi connectivity index (χ4v) is 3.94. The zero-order valence-electron chi connectivity index (χ0n) is 18.0. The van der Waals surface area contributed by atoms with Crippen LogP contribution in [-0.2, 0) is 16.0 Å². The Morgan fingerprint density at radius 1 is 1.06 bits per heavy atom. The van der Waals surface area contributed by atoms with E-state index in [2.05, 4.69) is 4.90 Å². The summed E-state index contributed by atoms with van der Waals surface area (Å²) in [6, 6.07) is 6.88. The van der Waals surface area contributed by atoms with Gasteiger partial charge in [-0.05, 0) is 41.8 Å². The molecule has 0 radical (unpaired) electrons. The predicted molar refractivity (Wildman–Crippen MR) is 117 cm³/mol. The number of anilines is 1. The molecule has 0 spiro atoms. The molecule has 6 nitrogen and oxygen atoms in total. The van der Waals surface area contributed by atoms with E-state index < -0.39 is 11.6 Å². The number of methoxy groups -OCH3 is 1. The molecule has 1 fully saturated rings. The maximum absolute atomic E-state index is 13.4. The van der Waals surface area contributed by atoms with Gasteiger partial charge < -0.3 is 19.1 Å². The lowest BCUT2D eigenvalue weighted by Crippen LogP contribution is -2.38. The largest absolute Gasteiger partial charge is 0.493 e. The van der Waals surface area contributed by atoms with E-state index in [-0.39, 0.29) is 11.5 Å². The Kier molecular flexibility index (Phi) is 7.02. The van der Waals surface area contributed by atoms with Crippen LogP contribution in [0.5, 0.6) is 11.5 Å². The van der Waals surface area contributed by atoms with Crippen LogP contribution in [0.4, 0.5) is 14.5 Å². The number of hydrogen-bond acceptors (Lipinski definition) is 5. The van der Waals surface area contributed by atoms with Gasteiger partial charge in [-0.3, -0.25) is 9.69 Å². The summed E-state index contributed by atoms with van der Waals surface area (Å²) >= 11 is 0. The van der Waals surface area contributed by atoms with Crippen molar-refractivity contribution in [3.63, 3.8) is 0 Å². The van der Waals surface area contributed by atoms with Crippen LogP contribution in [0.15, 0.2) is 36.4 Å². The zero-order valence-corrected chi connectivity index (χ0v) is 18.0. The summed E-state index contributed by atoms with van der Waals surface area (Å²) in [5.41, 5.74) is 2.03. The summed E-state index contributed by atoms with van der Waals surface area (Å²) in [7, 11) is 1.59. The summed E-state index contributed by atoms with van der Waals surface area (Å²) in [6.45, 7) is 5.01. The molecule has 0 N–H and O–H groups in total. The zero-order chi connectivity index (χ0) is 22.5. The van der Waals surface area contributed by atoms with Gasteiger partial charge in [0.1, 0.15) is 18.2 Å². The number of amides is 1. The standard InChI is InChI=1S/C24H26F2N2O4/c1-30-22-14-18-4-5-28(24(29)3-2-17-12-19(25)15-20(26)13-17)21(18)16-23(22)32-11-8-27-6-9-31-10-7-27/h2-3,12-16H,4-11H2,1H3/b3-2+. The van der Waals surface area contributed by atoms with Gasteiger partial charge in [-0.2, -0.15) is 0 Å². The Bertz CT molecular complexity index is 985. The van der Waals surface area contributed by atoms with Gasteiger partial charge in [0.25, 0.3) is 5.91 Å². The Morgan fingerprint density at radius 3 is 2.53 bits per heavy atom. The van der Waals surface area contributed by atoms with Crippen molar-refractivity contribution in [2.24, 2.45) is 0 Å². The number of fused-ring (bicyclic) bond motifs is 1. The van der Waals surface area contributed by atoms with Crippen LogP contribution in [0, 0.1) is 11.6 Å². The number of morpholine rings is 1.